The van der Waals surface area contributed by atoms with Crippen molar-refractivity contribution in [1.82, 2.24) is 14.8 Å². The number of anilines is 1. The van der Waals surface area contributed by atoms with E-state index in [-0.39, 0.29) is 23.2 Å². The van der Waals surface area contributed by atoms with Crippen LogP contribution in [0.1, 0.15) is 31.8 Å². The minimum atomic E-state index is -0.257. The number of amides is 1. The number of hydrogen-bond acceptors (Lipinski definition) is 6. The molecule has 0 unspecified atom stereocenters. The molecular formula is C24H16N4O3S. The second kappa shape index (κ2) is 8.24. The fourth-order valence-electron chi connectivity index (χ4n) is 3.59. The minimum absolute atomic E-state index is 0.109. The molecule has 4 aromatic rings. The molecule has 8 heteroatoms. The molecule has 1 N–H and O–H groups in total. The maximum atomic E-state index is 12.9. The van der Waals surface area contributed by atoms with Crippen molar-refractivity contribution in [2.45, 2.75) is 5.16 Å². The lowest BCUT2D eigenvalue weighted by Gasteiger charge is -2.18. The van der Waals surface area contributed by atoms with Crippen LogP contribution in [0, 0.1) is 0 Å². The normalized spacial score (nSPS) is 12.2. The molecule has 0 atom stereocenters. The number of thioether (sulfide) groups is 1. The Kier molecular flexibility index (Phi) is 5.12. The Bertz CT molecular complexity index is 1360. The third kappa shape index (κ3) is 3.61. The molecule has 0 saturated carbocycles. The first-order chi connectivity index (χ1) is 15.6. The second-order valence-corrected chi connectivity index (χ2v) is 8.06. The highest BCUT2D eigenvalue weighted by Gasteiger charge is 2.29. The predicted octanol–water partition coefficient (Wildman–Crippen LogP) is 3.77. The van der Waals surface area contributed by atoms with Gasteiger partial charge >= 0.3 is 0 Å². The largest absolute Gasteiger partial charge is 0.325 e. The molecule has 0 saturated heterocycles. The molecule has 1 aliphatic carbocycles. The molecule has 5 rings (SSSR count). The van der Waals surface area contributed by atoms with Crippen LogP contribution in [0.2, 0.25) is 0 Å². The Hall–Kier alpha value is -4.04. The van der Waals surface area contributed by atoms with Crippen molar-refractivity contribution in [3.8, 4) is 5.69 Å². The van der Waals surface area contributed by atoms with E-state index in [1.165, 1.54) is 11.8 Å². The zero-order valence-electron chi connectivity index (χ0n) is 16.7. The summed E-state index contributed by atoms with van der Waals surface area (Å²) < 4.78 is 1.80. The molecule has 0 spiro atoms. The van der Waals surface area contributed by atoms with Gasteiger partial charge in [-0.15, -0.1) is 10.2 Å². The Balaban J connectivity index is 1.30. The van der Waals surface area contributed by atoms with Gasteiger partial charge in [0.2, 0.25) is 5.91 Å². The molecule has 1 heterocycles. The highest BCUT2D eigenvalue weighted by Crippen LogP contribution is 2.29. The fourth-order valence-corrected chi connectivity index (χ4v) is 4.32. The van der Waals surface area contributed by atoms with Gasteiger partial charge < -0.3 is 5.32 Å². The van der Waals surface area contributed by atoms with Gasteiger partial charge in [0.15, 0.2) is 16.7 Å². The Labute approximate surface area is 187 Å². The molecule has 0 radical (unpaired) electrons. The monoisotopic (exact) mass is 440 g/mol. The summed E-state index contributed by atoms with van der Waals surface area (Å²) in [6.45, 7) is 0. The van der Waals surface area contributed by atoms with Gasteiger partial charge in [-0.25, -0.2) is 0 Å². The van der Waals surface area contributed by atoms with Crippen LogP contribution in [0.25, 0.3) is 5.69 Å². The van der Waals surface area contributed by atoms with Crippen molar-refractivity contribution < 1.29 is 14.4 Å². The molecule has 7 nitrogen and oxygen atoms in total. The fraction of sp³-hybridized carbons (Fsp3) is 0.0417. The van der Waals surface area contributed by atoms with Crippen LogP contribution in [0.3, 0.4) is 0 Å². The van der Waals surface area contributed by atoms with Crippen LogP contribution in [0.5, 0.6) is 0 Å². The maximum absolute atomic E-state index is 12.9. The molecule has 0 aliphatic heterocycles. The van der Waals surface area contributed by atoms with E-state index < -0.39 is 0 Å². The summed E-state index contributed by atoms with van der Waals surface area (Å²) >= 11 is 1.25. The van der Waals surface area contributed by atoms with E-state index in [2.05, 4.69) is 15.5 Å². The Morgan fingerprint density at radius 3 is 2.25 bits per heavy atom. The van der Waals surface area contributed by atoms with Crippen LogP contribution < -0.4 is 5.32 Å². The number of carbonyl (C=O) groups excluding carboxylic acids is 3. The van der Waals surface area contributed by atoms with E-state index in [1.54, 1.807) is 53.4 Å². The topological polar surface area (TPSA) is 93.9 Å². The van der Waals surface area contributed by atoms with Crippen LogP contribution in [0.4, 0.5) is 5.69 Å². The first-order valence-electron chi connectivity index (χ1n) is 9.82. The quantitative estimate of drug-likeness (QED) is 0.418. The molecule has 1 aromatic heterocycles. The number of rotatable bonds is 5. The van der Waals surface area contributed by atoms with E-state index in [0.29, 0.717) is 33.1 Å². The van der Waals surface area contributed by atoms with Gasteiger partial charge in [0.1, 0.15) is 6.33 Å². The van der Waals surface area contributed by atoms with Crippen molar-refractivity contribution in [2.75, 3.05) is 11.1 Å². The molecule has 0 fully saturated rings. The van der Waals surface area contributed by atoms with Crippen LogP contribution in [0.15, 0.2) is 84.3 Å². The summed E-state index contributed by atoms with van der Waals surface area (Å²) in [6.07, 6.45) is 1.60. The molecule has 156 valence electrons. The van der Waals surface area contributed by atoms with Crippen molar-refractivity contribution in [2.24, 2.45) is 0 Å². The number of nitrogens with one attached hydrogen (secondary N) is 1. The third-order valence-electron chi connectivity index (χ3n) is 5.09. The third-order valence-corrected chi connectivity index (χ3v) is 6.04. The van der Waals surface area contributed by atoms with E-state index in [4.69, 9.17) is 0 Å². The Morgan fingerprint density at radius 2 is 1.50 bits per heavy atom. The van der Waals surface area contributed by atoms with E-state index >= 15 is 0 Å². The van der Waals surface area contributed by atoms with Gasteiger partial charge in [-0.05, 0) is 30.3 Å². The van der Waals surface area contributed by atoms with Crippen molar-refractivity contribution in [3.05, 3.63) is 101 Å². The standard InChI is InChI=1S/C24H16N4O3S/c29-21(13-32-24-27-25-14-28(24)16-6-2-1-3-7-16)26-15-10-11-19-20(12-15)23(31)18-9-5-4-8-17(18)22(19)30/h1-12,14H,13H2,(H,26,29). The number of carbonyl (C=O) groups is 3. The van der Waals surface area contributed by atoms with E-state index in [1.807, 2.05) is 30.3 Å². The number of nitrogens with zero attached hydrogens (tertiary/aromatic N) is 3. The van der Waals surface area contributed by atoms with E-state index in [0.717, 1.165) is 5.69 Å². The molecule has 3 aromatic carbocycles. The lowest BCUT2D eigenvalue weighted by atomic mass is 9.84. The lowest BCUT2D eigenvalue weighted by molar-refractivity contribution is -0.113. The molecular weight excluding hydrogens is 424 g/mol. The lowest BCUT2D eigenvalue weighted by Crippen LogP contribution is -2.21. The van der Waals surface area contributed by atoms with Crippen LogP contribution in [-0.2, 0) is 4.79 Å². The molecule has 1 aliphatic rings. The summed E-state index contributed by atoms with van der Waals surface area (Å²) in [4.78, 5) is 38.1. The van der Waals surface area contributed by atoms with Gasteiger partial charge in [0.25, 0.3) is 0 Å². The SMILES string of the molecule is O=C(CSc1nncn1-c1ccccc1)Nc1ccc2c(c1)C(=O)c1ccccc1C2=O. The number of fused-ring (bicyclic) bond motifs is 2. The van der Waals surface area contributed by atoms with Gasteiger partial charge in [0, 0.05) is 33.6 Å². The first-order valence-corrected chi connectivity index (χ1v) is 10.8. The van der Waals surface area contributed by atoms with Gasteiger partial charge in [-0.3, -0.25) is 19.0 Å². The second-order valence-electron chi connectivity index (χ2n) is 7.12. The average molecular weight is 440 g/mol. The summed E-state index contributed by atoms with van der Waals surface area (Å²) in [7, 11) is 0. The van der Waals surface area contributed by atoms with Crippen LogP contribution >= 0.6 is 11.8 Å². The average Bonchev–Trinajstić information content (AvgIpc) is 3.30. The molecule has 1 amide bonds. The zero-order valence-corrected chi connectivity index (χ0v) is 17.5. The van der Waals surface area contributed by atoms with Crippen LogP contribution in [-0.4, -0.2) is 38.0 Å². The Morgan fingerprint density at radius 1 is 0.844 bits per heavy atom. The number of para-hydroxylation sites is 1. The number of ketones is 2. The molecule has 0 bridgehead atoms. The number of aromatic nitrogens is 3. The highest BCUT2D eigenvalue weighted by molar-refractivity contribution is 7.99. The molecule has 32 heavy (non-hydrogen) atoms. The van der Waals surface area contributed by atoms with Gasteiger partial charge in [0.05, 0.1) is 5.75 Å². The van der Waals surface area contributed by atoms with Crippen molar-refractivity contribution in [3.63, 3.8) is 0 Å². The summed E-state index contributed by atoms with van der Waals surface area (Å²) in [6, 6.07) is 21.1. The summed E-state index contributed by atoms with van der Waals surface area (Å²) in [5.41, 5.74) is 2.78. The number of benzene rings is 3. The van der Waals surface area contributed by atoms with E-state index in [9.17, 15) is 14.4 Å². The van der Waals surface area contributed by atoms with Gasteiger partial charge in [-0.1, -0.05) is 54.2 Å². The van der Waals surface area contributed by atoms with Crippen molar-refractivity contribution >= 4 is 34.9 Å². The van der Waals surface area contributed by atoms with Crippen molar-refractivity contribution in [1.29, 1.82) is 0 Å². The maximum Gasteiger partial charge on any atom is 0.234 e. The first kappa shape index (κ1) is 19.9. The zero-order chi connectivity index (χ0) is 22.1. The summed E-state index contributed by atoms with van der Waals surface area (Å²) in [5, 5.41) is 11.4. The highest BCUT2D eigenvalue weighted by atomic mass is 32.2. The minimum Gasteiger partial charge on any atom is -0.325 e. The smallest absolute Gasteiger partial charge is 0.234 e. The predicted molar refractivity (Wildman–Crippen MR) is 120 cm³/mol. The van der Waals surface area contributed by atoms with Gasteiger partial charge in [-0.2, -0.15) is 0 Å². The number of hydrogen-bond donors (Lipinski definition) is 1. The summed E-state index contributed by atoms with van der Waals surface area (Å²) in [5.74, 6) is -0.564.